The molecule has 0 fully saturated rings. The molecule has 3 rings (SSSR count). The van der Waals surface area contributed by atoms with Gasteiger partial charge < -0.3 is 20.1 Å². The van der Waals surface area contributed by atoms with Crippen molar-refractivity contribution in [1.29, 1.82) is 0 Å². The Bertz CT molecular complexity index is 1060. The lowest BCUT2D eigenvalue weighted by Gasteiger charge is -2.16. The van der Waals surface area contributed by atoms with E-state index < -0.39 is 6.10 Å². The van der Waals surface area contributed by atoms with Gasteiger partial charge in [0.05, 0.1) is 5.02 Å². The van der Waals surface area contributed by atoms with E-state index in [9.17, 15) is 9.59 Å². The SMILES string of the molecule is CC(Oc1ccc(Cl)cc1Cl)C(=O)Nc1cccc(NC(=O)COc2ccccc2)c1. The van der Waals surface area contributed by atoms with Crippen LogP contribution in [0.3, 0.4) is 0 Å². The molecule has 0 aliphatic heterocycles. The zero-order valence-corrected chi connectivity index (χ0v) is 18.1. The Hall–Kier alpha value is -3.22. The summed E-state index contributed by atoms with van der Waals surface area (Å²) in [7, 11) is 0. The highest BCUT2D eigenvalue weighted by atomic mass is 35.5. The van der Waals surface area contributed by atoms with Gasteiger partial charge in [0, 0.05) is 16.4 Å². The van der Waals surface area contributed by atoms with E-state index in [2.05, 4.69) is 10.6 Å². The zero-order valence-electron chi connectivity index (χ0n) is 16.6. The maximum atomic E-state index is 12.5. The number of amides is 2. The Morgan fingerprint density at radius 2 is 1.61 bits per heavy atom. The van der Waals surface area contributed by atoms with Crippen LogP contribution in [-0.2, 0) is 9.59 Å². The standard InChI is InChI=1S/C23H20Cl2N2O4/c1-15(31-21-11-10-16(24)12-20(21)25)23(29)27-18-7-5-6-17(13-18)26-22(28)14-30-19-8-3-2-4-9-19/h2-13,15H,14H2,1H3,(H,26,28)(H,27,29). The largest absolute Gasteiger partial charge is 0.484 e. The molecule has 160 valence electrons. The van der Waals surface area contributed by atoms with E-state index in [0.717, 1.165) is 0 Å². The summed E-state index contributed by atoms with van der Waals surface area (Å²) in [4.78, 5) is 24.6. The second-order valence-electron chi connectivity index (χ2n) is 6.55. The van der Waals surface area contributed by atoms with Crippen molar-refractivity contribution in [3.05, 3.63) is 82.8 Å². The molecule has 1 unspecified atom stereocenters. The molecule has 2 amide bonds. The normalized spacial score (nSPS) is 11.3. The summed E-state index contributed by atoms with van der Waals surface area (Å²) in [5, 5.41) is 6.27. The summed E-state index contributed by atoms with van der Waals surface area (Å²) in [5.41, 5.74) is 1.03. The van der Waals surface area contributed by atoms with Gasteiger partial charge in [-0.2, -0.15) is 0 Å². The Labute approximate surface area is 190 Å². The van der Waals surface area contributed by atoms with Crippen LogP contribution in [0.15, 0.2) is 72.8 Å². The lowest BCUT2D eigenvalue weighted by atomic mass is 10.2. The smallest absolute Gasteiger partial charge is 0.265 e. The average Bonchev–Trinajstić information content (AvgIpc) is 2.75. The van der Waals surface area contributed by atoms with Gasteiger partial charge in [-0.1, -0.05) is 47.5 Å². The molecule has 0 spiro atoms. The first-order chi connectivity index (χ1) is 14.9. The Morgan fingerprint density at radius 3 is 2.32 bits per heavy atom. The third kappa shape index (κ3) is 6.91. The minimum absolute atomic E-state index is 0.132. The fourth-order valence-electron chi connectivity index (χ4n) is 2.60. The predicted molar refractivity (Wildman–Crippen MR) is 122 cm³/mol. The van der Waals surface area contributed by atoms with E-state index >= 15 is 0 Å². The van der Waals surface area contributed by atoms with Gasteiger partial charge in [-0.25, -0.2) is 0 Å². The molecule has 3 aromatic carbocycles. The van der Waals surface area contributed by atoms with E-state index in [4.69, 9.17) is 32.7 Å². The first kappa shape index (κ1) is 22.5. The lowest BCUT2D eigenvalue weighted by Crippen LogP contribution is -2.30. The van der Waals surface area contributed by atoms with Crippen LogP contribution in [0.1, 0.15) is 6.92 Å². The number of para-hydroxylation sites is 1. The minimum Gasteiger partial charge on any atom is -0.484 e. The summed E-state index contributed by atoms with van der Waals surface area (Å²) < 4.78 is 11.0. The zero-order chi connectivity index (χ0) is 22.2. The molecule has 0 saturated heterocycles. The van der Waals surface area contributed by atoms with Gasteiger partial charge in [0.25, 0.3) is 11.8 Å². The van der Waals surface area contributed by atoms with Crippen molar-refractivity contribution in [2.24, 2.45) is 0 Å². The summed E-state index contributed by atoms with van der Waals surface area (Å²) in [6.07, 6.45) is -0.809. The number of anilines is 2. The minimum atomic E-state index is -0.809. The quantitative estimate of drug-likeness (QED) is 0.472. The van der Waals surface area contributed by atoms with Crippen molar-refractivity contribution in [1.82, 2.24) is 0 Å². The second kappa shape index (κ2) is 10.7. The highest BCUT2D eigenvalue weighted by Gasteiger charge is 2.17. The van der Waals surface area contributed by atoms with Crippen LogP contribution in [0.2, 0.25) is 10.0 Å². The predicted octanol–water partition coefficient (Wildman–Crippen LogP) is 5.42. The van der Waals surface area contributed by atoms with Crippen molar-refractivity contribution in [3.8, 4) is 11.5 Å². The third-order valence-electron chi connectivity index (χ3n) is 4.09. The molecule has 6 nitrogen and oxygen atoms in total. The molecular weight excluding hydrogens is 439 g/mol. The Balaban J connectivity index is 1.54. The molecule has 0 aliphatic carbocycles. The van der Waals surface area contributed by atoms with Crippen LogP contribution in [-0.4, -0.2) is 24.5 Å². The molecule has 8 heteroatoms. The number of ether oxygens (including phenoxy) is 2. The topological polar surface area (TPSA) is 76.7 Å². The summed E-state index contributed by atoms with van der Waals surface area (Å²) in [5.74, 6) is 0.268. The Morgan fingerprint density at radius 1 is 0.903 bits per heavy atom. The molecule has 1 atom stereocenters. The van der Waals surface area contributed by atoms with Gasteiger partial charge in [0.15, 0.2) is 12.7 Å². The number of nitrogens with one attached hydrogen (secondary N) is 2. The highest BCUT2D eigenvalue weighted by molar-refractivity contribution is 6.35. The number of carbonyl (C=O) groups excluding carboxylic acids is 2. The van der Waals surface area contributed by atoms with Gasteiger partial charge in [0.1, 0.15) is 11.5 Å². The van der Waals surface area contributed by atoms with Gasteiger partial charge in [-0.15, -0.1) is 0 Å². The van der Waals surface area contributed by atoms with Crippen molar-refractivity contribution in [2.45, 2.75) is 13.0 Å². The maximum Gasteiger partial charge on any atom is 0.265 e. The van der Waals surface area contributed by atoms with Crippen molar-refractivity contribution in [2.75, 3.05) is 17.2 Å². The second-order valence-corrected chi connectivity index (χ2v) is 7.40. The summed E-state index contributed by atoms with van der Waals surface area (Å²) in [6.45, 7) is 1.47. The van der Waals surface area contributed by atoms with Crippen LogP contribution >= 0.6 is 23.2 Å². The lowest BCUT2D eigenvalue weighted by molar-refractivity contribution is -0.122. The Kier molecular flexibility index (Phi) is 7.76. The van der Waals surface area contributed by atoms with E-state index in [-0.39, 0.29) is 18.4 Å². The van der Waals surface area contributed by atoms with E-state index in [1.165, 1.54) is 6.07 Å². The van der Waals surface area contributed by atoms with E-state index in [0.29, 0.717) is 32.9 Å². The first-order valence-electron chi connectivity index (χ1n) is 9.41. The van der Waals surface area contributed by atoms with Crippen LogP contribution < -0.4 is 20.1 Å². The number of hydrogen-bond donors (Lipinski definition) is 2. The molecular formula is C23H20Cl2N2O4. The third-order valence-corrected chi connectivity index (χ3v) is 4.62. The molecule has 2 N–H and O–H groups in total. The van der Waals surface area contributed by atoms with Gasteiger partial charge >= 0.3 is 0 Å². The summed E-state index contributed by atoms with van der Waals surface area (Å²) in [6, 6.07) is 20.6. The maximum absolute atomic E-state index is 12.5. The molecule has 0 aromatic heterocycles. The van der Waals surface area contributed by atoms with E-state index in [1.54, 1.807) is 55.5 Å². The van der Waals surface area contributed by atoms with Crippen molar-refractivity contribution in [3.63, 3.8) is 0 Å². The number of rotatable bonds is 8. The van der Waals surface area contributed by atoms with Gasteiger partial charge in [-0.05, 0) is 55.5 Å². The average molecular weight is 459 g/mol. The summed E-state index contributed by atoms with van der Waals surface area (Å²) >= 11 is 11.9. The van der Waals surface area contributed by atoms with Gasteiger partial charge in [0.2, 0.25) is 0 Å². The van der Waals surface area contributed by atoms with E-state index in [1.807, 2.05) is 18.2 Å². The number of carbonyl (C=O) groups is 2. The fourth-order valence-corrected chi connectivity index (χ4v) is 3.05. The number of halogens is 2. The van der Waals surface area contributed by atoms with Crippen LogP contribution in [0.4, 0.5) is 11.4 Å². The molecule has 0 radical (unpaired) electrons. The number of benzene rings is 3. The van der Waals surface area contributed by atoms with Crippen LogP contribution in [0.25, 0.3) is 0 Å². The van der Waals surface area contributed by atoms with Crippen molar-refractivity contribution >= 4 is 46.4 Å². The van der Waals surface area contributed by atoms with Crippen LogP contribution in [0, 0.1) is 0 Å². The molecule has 31 heavy (non-hydrogen) atoms. The monoisotopic (exact) mass is 458 g/mol. The van der Waals surface area contributed by atoms with Crippen molar-refractivity contribution < 1.29 is 19.1 Å². The fraction of sp³-hybridized carbons (Fsp3) is 0.130. The highest BCUT2D eigenvalue weighted by Crippen LogP contribution is 2.28. The molecule has 0 heterocycles. The van der Waals surface area contributed by atoms with Gasteiger partial charge in [-0.3, -0.25) is 9.59 Å². The molecule has 0 bridgehead atoms. The molecule has 3 aromatic rings. The first-order valence-corrected chi connectivity index (χ1v) is 10.2. The van der Waals surface area contributed by atoms with Crippen LogP contribution in [0.5, 0.6) is 11.5 Å². The molecule has 0 saturated carbocycles. The number of hydrogen-bond acceptors (Lipinski definition) is 4. The molecule has 0 aliphatic rings.